The number of amides is 1. The number of hydrogen-bond acceptors (Lipinski definition) is 5. The van der Waals surface area contributed by atoms with Crippen LogP contribution in [0.25, 0.3) is 0 Å². The molecule has 0 unspecified atom stereocenters. The van der Waals surface area contributed by atoms with Crippen molar-refractivity contribution >= 4 is 17.4 Å². The maximum absolute atomic E-state index is 12.7. The van der Waals surface area contributed by atoms with Crippen molar-refractivity contribution in [2.24, 2.45) is 0 Å². The largest absolute Gasteiger partial charge is 0.454 e. The number of para-hydroxylation sites is 1. The monoisotopic (exact) mass is 375 g/mol. The van der Waals surface area contributed by atoms with Gasteiger partial charge in [0.15, 0.2) is 11.5 Å². The molecular formula is C22H21N3O3. The number of aromatic nitrogens is 1. The maximum Gasteiger partial charge on any atom is 0.255 e. The zero-order valence-corrected chi connectivity index (χ0v) is 15.8. The minimum absolute atomic E-state index is 0.161. The maximum atomic E-state index is 12.7. The van der Waals surface area contributed by atoms with Crippen LogP contribution in [0.15, 0.2) is 54.7 Å². The number of carbonyl (C=O) groups is 1. The molecule has 142 valence electrons. The second-order valence-electron chi connectivity index (χ2n) is 6.69. The van der Waals surface area contributed by atoms with Gasteiger partial charge in [-0.2, -0.15) is 0 Å². The summed E-state index contributed by atoms with van der Waals surface area (Å²) in [6.45, 7) is 4.78. The molecule has 4 rings (SSSR count). The molecule has 0 fully saturated rings. The Bertz CT molecular complexity index is 1010. The average Bonchev–Trinajstić information content (AvgIpc) is 3.17. The summed E-state index contributed by atoms with van der Waals surface area (Å²) in [6.07, 6.45) is 1.63. The molecule has 1 amide bonds. The Morgan fingerprint density at radius 1 is 1.04 bits per heavy atom. The van der Waals surface area contributed by atoms with E-state index in [4.69, 9.17) is 9.47 Å². The molecule has 0 aliphatic carbocycles. The smallest absolute Gasteiger partial charge is 0.255 e. The first kappa shape index (κ1) is 17.9. The van der Waals surface area contributed by atoms with Crippen LogP contribution in [0.4, 0.5) is 11.5 Å². The van der Waals surface area contributed by atoms with Gasteiger partial charge in [-0.25, -0.2) is 4.98 Å². The van der Waals surface area contributed by atoms with E-state index in [-0.39, 0.29) is 12.7 Å². The molecule has 0 bridgehead atoms. The van der Waals surface area contributed by atoms with Gasteiger partial charge in [-0.1, -0.05) is 24.3 Å². The molecule has 1 aromatic heterocycles. The van der Waals surface area contributed by atoms with E-state index in [1.165, 1.54) is 0 Å². The summed E-state index contributed by atoms with van der Waals surface area (Å²) in [4.78, 5) is 17.0. The van der Waals surface area contributed by atoms with E-state index >= 15 is 0 Å². The summed E-state index contributed by atoms with van der Waals surface area (Å²) in [5.41, 5.74) is 4.49. The minimum atomic E-state index is -0.161. The first-order chi connectivity index (χ1) is 13.6. The van der Waals surface area contributed by atoms with Crippen LogP contribution in [0.3, 0.4) is 0 Å². The van der Waals surface area contributed by atoms with E-state index in [2.05, 4.69) is 15.6 Å². The zero-order valence-electron chi connectivity index (χ0n) is 15.8. The van der Waals surface area contributed by atoms with Gasteiger partial charge in [0.05, 0.1) is 0 Å². The van der Waals surface area contributed by atoms with E-state index in [9.17, 15) is 4.79 Å². The number of anilines is 2. The number of aryl methyl sites for hydroxylation is 2. The Hall–Kier alpha value is -3.54. The number of fused-ring (bicyclic) bond motifs is 1. The lowest BCUT2D eigenvalue weighted by Gasteiger charge is -2.12. The fourth-order valence-electron chi connectivity index (χ4n) is 3.11. The molecule has 6 nitrogen and oxygen atoms in total. The summed E-state index contributed by atoms with van der Waals surface area (Å²) in [6, 6.07) is 15.2. The van der Waals surface area contributed by atoms with E-state index in [1.807, 2.05) is 50.2 Å². The Labute approximate surface area is 163 Å². The highest BCUT2D eigenvalue weighted by atomic mass is 16.7. The van der Waals surface area contributed by atoms with Crippen molar-refractivity contribution in [3.8, 4) is 11.5 Å². The van der Waals surface area contributed by atoms with E-state index in [0.717, 1.165) is 33.9 Å². The molecule has 0 saturated carbocycles. The van der Waals surface area contributed by atoms with E-state index in [0.29, 0.717) is 17.9 Å². The lowest BCUT2D eigenvalue weighted by Crippen LogP contribution is -2.14. The van der Waals surface area contributed by atoms with E-state index < -0.39 is 0 Å². The van der Waals surface area contributed by atoms with Crippen LogP contribution in [0, 0.1) is 13.8 Å². The third-order valence-electron chi connectivity index (χ3n) is 4.65. The SMILES string of the molecule is Cc1cccc(C)c1NC(=O)c1ccnc(NCc2ccc3c(c2)OCO3)c1. The second-order valence-corrected chi connectivity index (χ2v) is 6.69. The molecule has 2 aromatic carbocycles. The molecule has 1 aliphatic heterocycles. The van der Waals surface area contributed by atoms with Gasteiger partial charge in [0.25, 0.3) is 5.91 Å². The summed E-state index contributed by atoms with van der Waals surface area (Å²) >= 11 is 0. The number of nitrogens with zero attached hydrogens (tertiary/aromatic N) is 1. The van der Waals surface area contributed by atoms with Crippen molar-refractivity contribution in [2.75, 3.05) is 17.4 Å². The first-order valence-electron chi connectivity index (χ1n) is 9.06. The number of rotatable bonds is 5. The van der Waals surface area contributed by atoms with Crippen LogP contribution in [0.1, 0.15) is 27.0 Å². The highest BCUT2D eigenvalue weighted by molar-refractivity contribution is 6.05. The van der Waals surface area contributed by atoms with Gasteiger partial charge in [-0.15, -0.1) is 0 Å². The van der Waals surface area contributed by atoms with Gasteiger partial charge < -0.3 is 20.1 Å². The highest BCUT2D eigenvalue weighted by Crippen LogP contribution is 2.32. The van der Waals surface area contributed by atoms with Crippen molar-refractivity contribution in [1.82, 2.24) is 4.98 Å². The van der Waals surface area contributed by atoms with Gasteiger partial charge in [-0.3, -0.25) is 4.79 Å². The topological polar surface area (TPSA) is 72.5 Å². The molecule has 1 aliphatic rings. The zero-order chi connectivity index (χ0) is 19.5. The molecule has 0 atom stereocenters. The van der Waals surface area contributed by atoms with Crippen LogP contribution < -0.4 is 20.1 Å². The van der Waals surface area contributed by atoms with Gasteiger partial charge >= 0.3 is 0 Å². The minimum Gasteiger partial charge on any atom is -0.454 e. The van der Waals surface area contributed by atoms with Gasteiger partial charge in [0.1, 0.15) is 5.82 Å². The van der Waals surface area contributed by atoms with Crippen molar-refractivity contribution in [1.29, 1.82) is 0 Å². The molecule has 6 heteroatoms. The highest BCUT2D eigenvalue weighted by Gasteiger charge is 2.14. The van der Waals surface area contributed by atoms with Crippen LogP contribution in [-0.4, -0.2) is 17.7 Å². The van der Waals surface area contributed by atoms with Gasteiger partial charge in [-0.05, 0) is 54.8 Å². The van der Waals surface area contributed by atoms with E-state index in [1.54, 1.807) is 18.3 Å². The van der Waals surface area contributed by atoms with Crippen molar-refractivity contribution in [2.45, 2.75) is 20.4 Å². The Morgan fingerprint density at radius 2 is 1.82 bits per heavy atom. The Balaban J connectivity index is 1.44. The summed E-state index contributed by atoms with van der Waals surface area (Å²) in [5.74, 6) is 1.97. The third kappa shape index (κ3) is 3.76. The number of carbonyl (C=O) groups excluding carboxylic acids is 1. The van der Waals surface area contributed by atoms with Crippen LogP contribution in [-0.2, 0) is 6.54 Å². The van der Waals surface area contributed by atoms with Crippen LogP contribution in [0.2, 0.25) is 0 Å². The molecule has 0 spiro atoms. The molecular weight excluding hydrogens is 354 g/mol. The Kier molecular flexibility index (Phi) is 4.85. The standard InChI is InChI=1S/C22H21N3O3/c1-14-4-3-5-15(2)21(14)25-22(26)17-8-9-23-20(11-17)24-12-16-6-7-18-19(10-16)28-13-27-18/h3-11H,12-13H2,1-2H3,(H,23,24)(H,25,26). The average molecular weight is 375 g/mol. The fourth-order valence-corrected chi connectivity index (χ4v) is 3.11. The van der Waals surface area contributed by atoms with Gasteiger partial charge in [0.2, 0.25) is 6.79 Å². The molecule has 28 heavy (non-hydrogen) atoms. The summed E-state index contributed by atoms with van der Waals surface area (Å²) in [5, 5.41) is 6.25. The van der Waals surface area contributed by atoms with Crippen molar-refractivity contribution in [3.05, 3.63) is 77.0 Å². The van der Waals surface area contributed by atoms with Crippen molar-refractivity contribution in [3.63, 3.8) is 0 Å². The summed E-state index contributed by atoms with van der Waals surface area (Å²) < 4.78 is 10.7. The number of pyridine rings is 1. The number of benzene rings is 2. The predicted octanol–water partition coefficient (Wildman–Crippen LogP) is 4.29. The number of nitrogens with one attached hydrogen (secondary N) is 2. The first-order valence-corrected chi connectivity index (χ1v) is 9.06. The number of hydrogen-bond donors (Lipinski definition) is 2. The normalized spacial score (nSPS) is 11.9. The van der Waals surface area contributed by atoms with Crippen LogP contribution in [0.5, 0.6) is 11.5 Å². The molecule has 3 aromatic rings. The second kappa shape index (κ2) is 7.60. The molecule has 2 heterocycles. The molecule has 0 radical (unpaired) electrons. The lowest BCUT2D eigenvalue weighted by molar-refractivity contribution is 0.102. The quantitative estimate of drug-likeness (QED) is 0.696. The Morgan fingerprint density at radius 3 is 2.64 bits per heavy atom. The fraction of sp³-hybridized carbons (Fsp3) is 0.182. The molecule has 2 N–H and O–H groups in total. The number of ether oxygens (including phenoxy) is 2. The lowest BCUT2D eigenvalue weighted by atomic mass is 10.1. The molecule has 0 saturated heterocycles. The predicted molar refractivity (Wildman–Crippen MR) is 108 cm³/mol. The third-order valence-corrected chi connectivity index (χ3v) is 4.65. The summed E-state index contributed by atoms with van der Waals surface area (Å²) in [7, 11) is 0. The van der Waals surface area contributed by atoms with Crippen molar-refractivity contribution < 1.29 is 14.3 Å². The van der Waals surface area contributed by atoms with Gasteiger partial charge in [0, 0.05) is 24.0 Å². The van der Waals surface area contributed by atoms with Crippen LogP contribution >= 0.6 is 0 Å².